The third kappa shape index (κ3) is 7.60. The van der Waals surface area contributed by atoms with E-state index in [0.29, 0.717) is 23.7 Å². The zero-order valence-corrected chi connectivity index (χ0v) is 22.9. The van der Waals surface area contributed by atoms with E-state index in [2.05, 4.69) is 78.8 Å². The maximum absolute atomic E-state index is 6.30. The van der Waals surface area contributed by atoms with Gasteiger partial charge in [0.2, 0.25) is 16.6 Å². The largest absolute Gasteiger partial charge is 0.550 e. The van der Waals surface area contributed by atoms with Crippen molar-refractivity contribution in [1.29, 1.82) is 0 Å². The van der Waals surface area contributed by atoms with Crippen molar-refractivity contribution < 1.29 is 8.85 Å². The standard InChI is InChI=1S/C26H46O2Si2/c1-19(2)21-11-13-23(17-27-29(5,6)7)25(15-21)26-16-22(20(3)4)12-14-24(26)18-28-30(8,9)10/h17-18,21-22,25-26H,1,3,11-16H2,2,4-10H3/b23-17+,24-18+/t21-,22-,25?,26?/m0/s1. The molecule has 2 unspecified atom stereocenters. The Morgan fingerprint density at radius 2 is 1.07 bits per heavy atom. The van der Waals surface area contributed by atoms with Crippen LogP contribution in [-0.2, 0) is 8.85 Å². The van der Waals surface area contributed by atoms with E-state index in [0.717, 1.165) is 12.8 Å². The number of hydrogen-bond donors (Lipinski definition) is 0. The fourth-order valence-corrected chi connectivity index (χ4v) is 5.75. The third-order valence-corrected chi connectivity index (χ3v) is 8.25. The van der Waals surface area contributed by atoms with Crippen molar-refractivity contribution in [1.82, 2.24) is 0 Å². The average Bonchev–Trinajstić information content (AvgIpc) is 2.63. The van der Waals surface area contributed by atoms with Gasteiger partial charge in [-0.3, -0.25) is 0 Å². The molecule has 0 N–H and O–H groups in total. The molecule has 2 aliphatic carbocycles. The Bertz CT molecular complexity index is 631. The molecule has 0 heterocycles. The lowest BCUT2D eigenvalue weighted by molar-refractivity contribution is 0.232. The van der Waals surface area contributed by atoms with Crippen molar-refractivity contribution in [2.75, 3.05) is 0 Å². The van der Waals surface area contributed by atoms with Gasteiger partial charge in [-0.2, -0.15) is 0 Å². The number of allylic oxidation sites excluding steroid dienone is 4. The molecule has 2 fully saturated rings. The zero-order valence-electron chi connectivity index (χ0n) is 20.9. The highest BCUT2D eigenvalue weighted by Crippen LogP contribution is 2.49. The lowest BCUT2D eigenvalue weighted by atomic mass is 9.63. The van der Waals surface area contributed by atoms with Gasteiger partial charge in [0.1, 0.15) is 0 Å². The summed E-state index contributed by atoms with van der Waals surface area (Å²) in [6.07, 6.45) is 11.4. The smallest absolute Gasteiger partial charge is 0.241 e. The summed E-state index contributed by atoms with van der Waals surface area (Å²) in [5.74, 6) is 2.28. The van der Waals surface area contributed by atoms with Gasteiger partial charge in [0.15, 0.2) is 0 Å². The molecule has 0 aromatic heterocycles. The minimum Gasteiger partial charge on any atom is -0.550 e. The Hall–Kier alpha value is -1.01. The van der Waals surface area contributed by atoms with Crippen LogP contribution in [-0.4, -0.2) is 16.6 Å². The van der Waals surface area contributed by atoms with Crippen LogP contribution in [0, 0.1) is 23.7 Å². The first-order valence-corrected chi connectivity index (χ1v) is 18.6. The summed E-state index contributed by atoms with van der Waals surface area (Å²) in [5, 5.41) is 0. The van der Waals surface area contributed by atoms with Gasteiger partial charge in [-0.1, -0.05) is 24.3 Å². The summed E-state index contributed by atoms with van der Waals surface area (Å²) in [4.78, 5) is 0. The van der Waals surface area contributed by atoms with E-state index >= 15 is 0 Å². The molecule has 0 spiro atoms. The van der Waals surface area contributed by atoms with E-state index < -0.39 is 16.6 Å². The molecule has 0 aliphatic heterocycles. The highest BCUT2D eigenvalue weighted by Gasteiger charge is 2.38. The highest BCUT2D eigenvalue weighted by atomic mass is 28.4. The van der Waals surface area contributed by atoms with Gasteiger partial charge in [0.05, 0.1) is 12.5 Å². The Kier molecular flexibility index (Phi) is 8.48. The normalized spacial score (nSPS) is 30.9. The van der Waals surface area contributed by atoms with Gasteiger partial charge in [-0.25, -0.2) is 0 Å². The second kappa shape index (κ2) is 10.1. The van der Waals surface area contributed by atoms with Crippen molar-refractivity contribution in [3.63, 3.8) is 0 Å². The van der Waals surface area contributed by atoms with E-state index in [9.17, 15) is 0 Å². The van der Waals surface area contributed by atoms with Crippen molar-refractivity contribution in [2.24, 2.45) is 23.7 Å². The summed E-state index contributed by atoms with van der Waals surface area (Å²) >= 11 is 0. The molecule has 0 saturated heterocycles. The van der Waals surface area contributed by atoms with Crippen molar-refractivity contribution >= 4 is 16.6 Å². The Labute approximate surface area is 188 Å². The van der Waals surface area contributed by atoms with Gasteiger partial charge in [0, 0.05) is 0 Å². The van der Waals surface area contributed by atoms with Crippen LogP contribution in [0.25, 0.3) is 0 Å². The predicted molar refractivity (Wildman–Crippen MR) is 136 cm³/mol. The van der Waals surface area contributed by atoms with E-state index in [1.165, 1.54) is 48.0 Å². The molecular weight excluding hydrogens is 400 g/mol. The first-order valence-electron chi connectivity index (χ1n) is 11.8. The lowest BCUT2D eigenvalue weighted by Gasteiger charge is -2.42. The fourth-order valence-electron chi connectivity index (χ4n) is 4.74. The molecule has 2 saturated carbocycles. The lowest BCUT2D eigenvalue weighted by Crippen LogP contribution is -2.32. The summed E-state index contributed by atoms with van der Waals surface area (Å²) in [6, 6.07) is 0. The minimum atomic E-state index is -1.59. The first-order chi connectivity index (χ1) is 13.8. The predicted octanol–water partition coefficient (Wildman–Crippen LogP) is 8.44. The monoisotopic (exact) mass is 446 g/mol. The second-order valence-electron chi connectivity index (χ2n) is 11.7. The quantitative estimate of drug-likeness (QED) is 0.222. The van der Waals surface area contributed by atoms with Crippen molar-refractivity contribution in [3.05, 3.63) is 48.0 Å². The topological polar surface area (TPSA) is 18.5 Å². The van der Waals surface area contributed by atoms with E-state index in [1.807, 2.05) is 0 Å². The Morgan fingerprint density at radius 3 is 1.33 bits per heavy atom. The molecular formula is C26H46O2Si2. The molecule has 2 nitrogen and oxygen atoms in total. The van der Waals surface area contributed by atoms with Crippen molar-refractivity contribution in [2.45, 2.75) is 91.7 Å². The van der Waals surface area contributed by atoms with Gasteiger partial charge < -0.3 is 8.85 Å². The SMILES string of the molecule is C=C(C)[C@H]1CC/C(=C\O[Si](C)(C)C)C(C2C[C@@H](C(=C)C)CC/C2=C\O[Si](C)(C)C)C1. The molecule has 170 valence electrons. The molecule has 0 amide bonds. The van der Waals surface area contributed by atoms with Gasteiger partial charge in [0.25, 0.3) is 0 Å². The molecule has 0 bridgehead atoms. The zero-order chi connectivity index (χ0) is 22.7. The fraction of sp³-hybridized carbons (Fsp3) is 0.692. The molecule has 4 atom stereocenters. The van der Waals surface area contributed by atoms with Crippen LogP contribution in [0.4, 0.5) is 0 Å². The van der Waals surface area contributed by atoms with E-state index in [4.69, 9.17) is 8.85 Å². The maximum atomic E-state index is 6.30. The van der Waals surface area contributed by atoms with Crippen molar-refractivity contribution in [3.8, 4) is 0 Å². The van der Waals surface area contributed by atoms with Gasteiger partial charge in [-0.05, 0) is 126 Å². The molecule has 30 heavy (non-hydrogen) atoms. The molecule has 0 aromatic rings. The summed E-state index contributed by atoms with van der Waals surface area (Å²) in [6.45, 7) is 26.6. The molecule has 2 rings (SSSR count). The molecule has 2 aliphatic rings. The molecule has 0 aromatic carbocycles. The van der Waals surface area contributed by atoms with Crippen LogP contribution in [0.15, 0.2) is 48.0 Å². The molecule has 0 radical (unpaired) electrons. The van der Waals surface area contributed by atoms with Gasteiger partial charge >= 0.3 is 0 Å². The average molecular weight is 447 g/mol. The first kappa shape index (κ1) is 25.3. The Morgan fingerprint density at radius 1 is 0.733 bits per heavy atom. The summed E-state index contributed by atoms with van der Waals surface area (Å²) in [5.41, 5.74) is 5.70. The number of hydrogen-bond acceptors (Lipinski definition) is 2. The summed E-state index contributed by atoms with van der Waals surface area (Å²) < 4.78 is 12.6. The van der Waals surface area contributed by atoms with E-state index in [-0.39, 0.29) is 0 Å². The van der Waals surface area contributed by atoms with Gasteiger partial charge in [-0.15, -0.1) is 0 Å². The minimum absolute atomic E-state index is 0.524. The summed E-state index contributed by atoms with van der Waals surface area (Å²) in [7, 11) is -3.18. The molecule has 4 heteroatoms. The van der Waals surface area contributed by atoms with Crippen LogP contribution in [0.5, 0.6) is 0 Å². The number of rotatable bonds is 7. The van der Waals surface area contributed by atoms with Crippen LogP contribution < -0.4 is 0 Å². The van der Waals surface area contributed by atoms with Crippen LogP contribution in [0.3, 0.4) is 0 Å². The highest BCUT2D eigenvalue weighted by molar-refractivity contribution is 6.70. The van der Waals surface area contributed by atoms with Crippen LogP contribution >= 0.6 is 0 Å². The van der Waals surface area contributed by atoms with E-state index in [1.54, 1.807) is 0 Å². The maximum Gasteiger partial charge on any atom is 0.241 e. The van der Waals surface area contributed by atoms with Crippen LogP contribution in [0.1, 0.15) is 52.4 Å². The Balaban J connectivity index is 2.40. The third-order valence-electron chi connectivity index (χ3n) is 6.60. The second-order valence-corrected chi connectivity index (χ2v) is 20.6. The van der Waals surface area contributed by atoms with Crippen LogP contribution in [0.2, 0.25) is 39.3 Å².